The summed E-state index contributed by atoms with van der Waals surface area (Å²) in [4.78, 5) is 30.8. The summed E-state index contributed by atoms with van der Waals surface area (Å²) in [5.74, 6) is 0.987. The number of nitrogens with one attached hydrogen (secondary N) is 2. The third kappa shape index (κ3) is 5.20. The lowest BCUT2D eigenvalue weighted by atomic mass is 10.1. The van der Waals surface area contributed by atoms with Gasteiger partial charge in [-0.2, -0.15) is 0 Å². The Hall–Kier alpha value is -3.09. The molecule has 0 spiro atoms. The number of carbonyl (C=O) groups is 2. The van der Waals surface area contributed by atoms with E-state index < -0.39 is 0 Å². The molecule has 2 N–H and O–H groups in total. The van der Waals surface area contributed by atoms with Crippen molar-refractivity contribution in [2.45, 2.75) is 19.3 Å². The van der Waals surface area contributed by atoms with Crippen LogP contribution in [0.4, 0.5) is 11.5 Å². The van der Waals surface area contributed by atoms with Crippen LogP contribution in [0.1, 0.15) is 29.6 Å². The number of piperidine rings is 1. The molecule has 2 aromatic rings. The van der Waals surface area contributed by atoms with Crippen LogP contribution in [0.3, 0.4) is 0 Å². The van der Waals surface area contributed by atoms with Gasteiger partial charge >= 0.3 is 0 Å². The van der Waals surface area contributed by atoms with Gasteiger partial charge in [0.2, 0.25) is 5.91 Å². The van der Waals surface area contributed by atoms with E-state index in [1.54, 1.807) is 37.6 Å². The van der Waals surface area contributed by atoms with Crippen molar-refractivity contribution in [2.75, 3.05) is 37.0 Å². The Balaban J connectivity index is 1.47. The van der Waals surface area contributed by atoms with Crippen LogP contribution in [0.15, 0.2) is 42.6 Å². The molecule has 0 bridgehead atoms. The van der Waals surface area contributed by atoms with Crippen LogP contribution >= 0.6 is 0 Å². The summed E-state index contributed by atoms with van der Waals surface area (Å²) in [5.41, 5.74) is 1.08. The molecule has 1 aromatic heterocycles. The van der Waals surface area contributed by atoms with Gasteiger partial charge in [-0.05, 0) is 55.7 Å². The number of pyridine rings is 1. The van der Waals surface area contributed by atoms with E-state index in [-0.39, 0.29) is 18.4 Å². The predicted molar refractivity (Wildman–Crippen MR) is 104 cm³/mol. The summed E-state index contributed by atoms with van der Waals surface area (Å²) in [7, 11) is 1.56. The van der Waals surface area contributed by atoms with Gasteiger partial charge in [0.1, 0.15) is 11.6 Å². The van der Waals surface area contributed by atoms with E-state index in [1.807, 2.05) is 12.1 Å². The molecule has 1 aromatic carbocycles. The number of ether oxygens (including phenoxy) is 1. The number of anilines is 2. The van der Waals surface area contributed by atoms with Crippen LogP contribution in [0.25, 0.3) is 0 Å². The summed E-state index contributed by atoms with van der Waals surface area (Å²) in [6, 6.07) is 10.4. The molecule has 2 heterocycles. The first kappa shape index (κ1) is 18.7. The van der Waals surface area contributed by atoms with E-state index in [9.17, 15) is 9.59 Å². The maximum absolute atomic E-state index is 12.1. The number of carbonyl (C=O) groups excluding carboxylic acids is 2. The Bertz CT molecular complexity index is 769. The largest absolute Gasteiger partial charge is 0.497 e. The van der Waals surface area contributed by atoms with E-state index in [4.69, 9.17) is 4.74 Å². The minimum absolute atomic E-state index is 0.112. The molecule has 2 amide bonds. The van der Waals surface area contributed by atoms with Crippen LogP contribution in [0.5, 0.6) is 5.75 Å². The second-order valence-electron chi connectivity index (χ2n) is 6.41. The summed E-state index contributed by atoms with van der Waals surface area (Å²) in [6.07, 6.45) is 5.29. The average Bonchev–Trinajstić information content (AvgIpc) is 2.73. The first-order valence-corrected chi connectivity index (χ1v) is 9.09. The molecule has 1 aliphatic heterocycles. The van der Waals surface area contributed by atoms with Gasteiger partial charge < -0.3 is 20.3 Å². The zero-order valence-electron chi connectivity index (χ0n) is 15.4. The lowest BCUT2D eigenvalue weighted by Gasteiger charge is -2.27. The number of benzene rings is 1. The van der Waals surface area contributed by atoms with E-state index >= 15 is 0 Å². The van der Waals surface area contributed by atoms with Crippen LogP contribution in [0, 0.1) is 0 Å². The predicted octanol–water partition coefficient (Wildman–Crippen LogP) is 2.45. The molecule has 0 unspecified atom stereocenters. The molecule has 0 radical (unpaired) electrons. The molecule has 1 aliphatic rings. The van der Waals surface area contributed by atoms with Crippen LogP contribution < -0.4 is 20.3 Å². The van der Waals surface area contributed by atoms with Crippen molar-refractivity contribution in [3.05, 3.63) is 48.2 Å². The van der Waals surface area contributed by atoms with Crippen molar-refractivity contribution in [3.8, 4) is 5.75 Å². The second kappa shape index (κ2) is 9.02. The smallest absolute Gasteiger partial charge is 0.251 e. The number of aromatic nitrogens is 1. The Kier molecular flexibility index (Phi) is 6.25. The van der Waals surface area contributed by atoms with Gasteiger partial charge in [0.15, 0.2) is 0 Å². The topological polar surface area (TPSA) is 83.6 Å². The molecule has 142 valence electrons. The highest BCUT2D eigenvalue weighted by molar-refractivity contribution is 5.99. The number of rotatable bonds is 6. The van der Waals surface area contributed by atoms with Crippen LogP contribution in [0.2, 0.25) is 0 Å². The highest BCUT2D eigenvalue weighted by Gasteiger charge is 2.12. The van der Waals surface area contributed by atoms with Gasteiger partial charge in [-0.3, -0.25) is 9.59 Å². The average molecular weight is 368 g/mol. The third-order valence-electron chi connectivity index (χ3n) is 4.47. The standard InChI is InChI=1S/C20H24N4O3/c1-27-17-8-5-15(6-9-17)20(26)22-14-19(25)23-16-7-10-18(21-13-16)24-11-3-2-4-12-24/h5-10,13H,2-4,11-12,14H2,1H3,(H,22,26)(H,23,25). The van der Waals surface area contributed by atoms with Gasteiger partial charge in [0, 0.05) is 18.7 Å². The van der Waals surface area contributed by atoms with Crippen molar-refractivity contribution >= 4 is 23.3 Å². The number of amides is 2. The summed E-state index contributed by atoms with van der Waals surface area (Å²) < 4.78 is 5.06. The maximum Gasteiger partial charge on any atom is 0.251 e. The first-order chi connectivity index (χ1) is 13.2. The van der Waals surface area contributed by atoms with Crippen molar-refractivity contribution in [1.29, 1.82) is 0 Å². The monoisotopic (exact) mass is 368 g/mol. The Morgan fingerprint density at radius 2 is 1.81 bits per heavy atom. The number of hydrogen-bond donors (Lipinski definition) is 2. The molecule has 0 aliphatic carbocycles. The molecule has 7 heteroatoms. The van der Waals surface area contributed by atoms with E-state index in [1.165, 1.54) is 19.3 Å². The van der Waals surface area contributed by atoms with Crippen molar-refractivity contribution in [3.63, 3.8) is 0 Å². The summed E-state index contributed by atoms with van der Waals surface area (Å²) >= 11 is 0. The Morgan fingerprint density at radius 3 is 2.44 bits per heavy atom. The van der Waals surface area contributed by atoms with E-state index in [0.29, 0.717) is 17.0 Å². The van der Waals surface area contributed by atoms with Gasteiger partial charge in [-0.25, -0.2) is 4.98 Å². The molecule has 1 saturated heterocycles. The van der Waals surface area contributed by atoms with Crippen LogP contribution in [-0.4, -0.2) is 43.5 Å². The van der Waals surface area contributed by atoms with Gasteiger partial charge in [0.05, 0.1) is 25.5 Å². The highest BCUT2D eigenvalue weighted by Crippen LogP contribution is 2.18. The van der Waals surface area contributed by atoms with Crippen molar-refractivity contribution in [1.82, 2.24) is 10.3 Å². The number of nitrogens with zero attached hydrogens (tertiary/aromatic N) is 2. The fourth-order valence-corrected chi connectivity index (χ4v) is 2.98. The zero-order valence-corrected chi connectivity index (χ0v) is 15.4. The molecular formula is C20H24N4O3. The summed E-state index contributed by atoms with van der Waals surface area (Å²) in [5, 5.41) is 5.34. The minimum atomic E-state index is -0.314. The third-order valence-corrected chi connectivity index (χ3v) is 4.47. The van der Waals surface area contributed by atoms with Crippen molar-refractivity contribution < 1.29 is 14.3 Å². The molecule has 27 heavy (non-hydrogen) atoms. The van der Waals surface area contributed by atoms with Gasteiger partial charge in [-0.1, -0.05) is 0 Å². The molecule has 0 atom stereocenters. The fourth-order valence-electron chi connectivity index (χ4n) is 2.98. The lowest BCUT2D eigenvalue weighted by Crippen LogP contribution is -2.33. The van der Waals surface area contributed by atoms with E-state index in [2.05, 4.69) is 20.5 Å². The number of hydrogen-bond acceptors (Lipinski definition) is 5. The van der Waals surface area contributed by atoms with Gasteiger partial charge in [-0.15, -0.1) is 0 Å². The normalized spacial score (nSPS) is 13.7. The molecule has 1 fully saturated rings. The van der Waals surface area contributed by atoms with Gasteiger partial charge in [0.25, 0.3) is 5.91 Å². The Morgan fingerprint density at radius 1 is 1.07 bits per heavy atom. The van der Waals surface area contributed by atoms with Crippen LogP contribution in [-0.2, 0) is 4.79 Å². The maximum atomic E-state index is 12.1. The highest BCUT2D eigenvalue weighted by atomic mass is 16.5. The van der Waals surface area contributed by atoms with E-state index in [0.717, 1.165) is 18.9 Å². The first-order valence-electron chi connectivity index (χ1n) is 9.09. The molecular weight excluding hydrogens is 344 g/mol. The number of methoxy groups -OCH3 is 1. The lowest BCUT2D eigenvalue weighted by molar-refractivity contribution is -0.115. The Labute approximate surface area is 158 Å². The molecule has 3 rings (SSSR count). The molecule has 7 nitrogen and oxygen atoms in total. The minimum Gasteiger partial charge on any atom is -0.497 e. The summed E-state index contributed by atoms with van der Waals surface area (Å²) in [6.45, 7) is 1.94. The quantitative estimate of drug-likeness (QED) is 0.818. The zero-order chi connectivity index (χ0) is 19.1. The van der Waals surface area contributed by atoms with Crippen molar-refractivity contribution in [2.24, 2.45) is 0 Å². The molecule has 0 saturated carbocycles. The second-order valence-corrected chi connectivity index (χ2v) is 6.41. The fraction of sp³-hybridized carbons (Fsp3) is 0.350. The SMILES string of the molecule is COc1ccc(C(=O)NCC(=O)Nc2ccc(N3CCCCC3)nc2)cc1.